The van der Waals surface area contributed by atoms with E-state index in [2.05, 4.69) is 34.3 Å². The smallest absolute Gasteiger partial charge is 0.230 e. The first kappa shape index (κ1) is 27.0. The quantitative estimate of drug-likeness (QED) is 0.402. The Morgan fingerprint density at radius 3 is 2.31 bits per heavy atom. The molecule has 0 radical (unpaired) electrons. The predicted molar refractivity (Wildman–Crippen MR) is 150 cm³/mol. The molecule has 4 rings (SSSR count). The summed E-state index contributed by atoms with van der Waals surface area (Å²) in [7, 11) is 3.99. The molecule has 1 aliphatic rings. The first-order valence-corrected chi connectivity index (χ1v) is 13.9. The van der Waals surface area contributed by atoms with Crippen LogP contribution in [-0.4, -0.2) is 42.3 Å². The maximum Gasteiger partial charge on any atom is 0.230 e. The number of nitrogens with one attached hydrogen (secondary N) is 1. The van der Waals surface area contributed by atoms with Crippen LogP contribution < -0.4 is 10.2 Å². The summed E-state index contributed by atoms with van der Waals surface area (Å²) >= 11 is 1.69. The molecule has 1 fully saturated rings. The van der Waals surface area contributed by atoms with Crippen LogP contribution in [0.2, 0.25) is 0 Å². The van der Waals surface area contributed by atoms with Crippen LogP contribution >= 0.6 is 11.8 Å². The van der Waals surface area contributed by atoms with Gasteiger partial charge in [-0.25, -0.2) is 9.97 Å². The molecule has 0 spiro atoms. The minimum absolute atomic E-state index is 0.188. The number of aromatic nitrogens is 2. The summed E-state index contributed by atoms with van der Waals surface area (Å²) in [6.45, 7) is 5.08. The van der Waals surface area contributed by atoms with Crippen LogP contribution in [0.4, 0.5) is 5.82 Å². The highest BCUT2D eigenvalue weighted by Gasteiger charge is 2.20. The lowest BCUT2D eigenvalue weighted by Crippen LogP contribution is -2.32. The molecule has 188 valence electrons. The van der Waals surface area contributed by atoms with Crippen molar-refractivity contribution in [3.05, 3.63) is 66.0 Å². The number of benzene rings is 2. The molecule has 3 aromatic rings. The van der Waals surface area contributed by atoms with Gasteiger partial charge >= 0.3 is 0 Å². The molecule has 1 N–H and O–H groups in total. The molecular weight excluding hydrogens is 452 g/mol. The fraction of sp³-hybridized carbons (Fsp3) is 0.483. The maximum atomic E-state index is 11.9. The van der Waals surface area contributed by atoms with Gasteiger partial charge in [0, 0.05) is 31.8 Å². The van der Waals surface area contributed by atoms with Gasteiger partial charge in [0.05, 0.1) is 11.3 Å². The van der Waals surface area contributed by atoms with E-state index in [-0.39, 0.29) is 5.91 Å². The molecular formula is C29H40N4OS. The average molecular weight is 493 g/mol. The van der Waals surface area contributed by atoms with E-state index in [4.69, 9.17) is 0 Å². The van der Waals surface area contributed by atoms with E-state index in [9.17, 15) is 4.79 Å². The van der Waals surface area contributed by atoms with E-state index < -0.39 is 0 Å². The summed E-state index contributed by atoms with van der Waals surface area (Å²) in [5.41, 5.74) is 2.29. The van der Waals surface area contributed by atoms with Crippen LogP contribution in [0.15, 0.2) is 54.6 Å². The van der Waals surface area contributed by atoms with Crippen LogP contribution in [0.3, 0.4) is 0 Å². The van der Waals surface area contributed by atoms with Crippen molar-refractivity contribution >= 4 is 34.4 Å². The summed E-state index contributed by atoms with van der Waals surface area (Å²) in [5.74, 6) is 5.10. The third kappa shape index (κ3) is 8.84. The number of aryl methyl sites for hydroxylation is 1. The first-order valence-electron chi connectivity index (χ1n) is 12.7. The number of anilines is 1. The van der Waals surface area contributed by atoms with Crippen LogP contribution in [0.1, 0.15) is 50.4 Å². The number of rotatable bonds is 8. The molecule has 0 aliphatic heterocycles. The minimum atomic E-state index is 0.188. The zero-order valence-corrected chi connectivity index (χ0v) is 22.5. The third-order valence-electron chi connectivity index (χ3n) is 6.59. The Kier molecular flexibility index (Phi) is 10.9. The second-order valence-corrected chi connectivity index (χ2v) is 10.6. The minimum Gasteiger partial charge on any atom is -0.362 e. The van der Waals surface area contributed by atoms with E-state index in [0.717, 1.165) is 40.8 Å². The third-order valence-corrected chi connectivity index (χ3v) is 7.60. The molecule has 2 aromatic carbocycles. The van der Waals surface area contributed by atoms with Crippen LogP contribution in [0.5, 0.6) is 0 Å². The van der Waals surface area contributed by atoms with Gasteiger partial charge in [0.15, 0.2) is 0 Å². The summed E-state index contributed by atoms with van der Waals surface area (Å²) in [6.07, 6.45) is 6.58. The molecule has 1 aromatic heterocycles. The summed E-state index contributed by atoms with van der Waals surface area (Å²) in [6, 6.07) is 18.4. The van der Waals surface area contributed by atoms with Gasteiger partial charge in [-0.2, -0.15) is 0 Å². The number of carbonyl (C=O) groups is 1. The molecule has 1 heterocycles. The largest absolute Gasteiger partial charge is 0.362 e. The predicted octanol–water partition coefficient (Wildman–Crippen LogP) is 6.26. The van der Waals surface area contributed by atoms with Gasteiger partial charge in [-0.15, -0.1) is 11.8 Å². The van der Waals surface area contributed by atoms with Crippen molar-refractivity contribution in [3.8, 4) is 0 Å². The SMILES string of the molecule is CCC1CCC(CNC(=O)CSCc2ccccc2)CC1.Cc1nc(N(C)C)c2ccccc2n1. The van der Waals surface area contributed by atoms with Gasteiger partial charge in [0.25, 0.3) is 0 Å². The Morgan fingerprint density at radius 2 is 1.63 bits per heavy atom. The molecule has 0 atom stereocenters. The standard InChI is InChI=1S/C18H27NOS.C11H13N3/c1-2-15-8-10-16(11-9-15)12-19-18(20)14-21-13-17-6-4-3-5-7-17;1-8-12-10-7-5-4-6-9(10)11(13-8)14(2)3/h3-7,15-16H,2,8-14H2,1H3,(H,19,20);4-7H,1-3H3. The number of hydrogen-bond donors (Lipinski definition) is 1. The van der Waals surface area contributed by atoms with E-state index in [1.165, 1.54) is 37.7 Å². The van der Waals surface area contributed by atoms with Crippen molar-refractivity contribution in [2.45, 2.75) is 51.7 Å². The number of amides is 1. The fourth-order valence-corrected chi connectivity index (χ4v) is 5.32. The second kappa shape index (κ2) is 14.1. The lowest BCUT2D eigenvalue weighted by molar-refractivity contribution is -0.118. The number of carbonyl (C=O) groups excluding carboxylic acids is 1. The van der Waals surface area contributed by atoms with E-state index >= 15 is 0 Å². The number of thioether (sulfide) groups is 1. The normalized spacial score (nSPS) is 17.4. The molecule has 0 unspecified atom stereocenters. The summed E-state index contributed by atoms with van der Waals surface area (Å²) < 4.78 is 0. The molecule has 0 bridgehead atoms. The number of fused-ring (bicyclic) bond motifs is 1. The van der Waals surface area contributed by atoms with E-state index in [0.29, 0.717) is 11.7 Å². The van der Waals surface area contributed by atoms with Crippen LogP contribution in [0, 0.1) is 18.8 Å². The highest BCUT2D eigenvalue weighted by atomic mass is 32.2. The number of hydrogen-bond acceptors (Lipinski definition) is 5. The van der Waals surface area contributed by atoms with Crippen molar-refractivity contribution < 1.29 is 4.79 Å². The van der Waals surface area contributed by atoms with Gasteiger partial charge in [0.1, 0.15) is 11.6 Å². The van der Waals surface area contributed by atoms with Gasteiger partial charge in [-0.1, -0.05) is 68.7 Å². The van der Waals surface area contributed by atoms with Crippen molar-refractivity contribution in [2.24, 2.45) is 11.8 Å². The van der Waals surface area contributed by atoms with E-state index in [1.807, 2.05) is 68.4 Å². The zero-order valence-electron chi connectivity index (χ0n) is 21.7. The zero-order chi connectivity index (χ0) is 25.0. The Morgan fingerprint density at radius 1 is 0.971 bits per heavy atom. The molecule has 6 heteroatoms. The maximum absolute atomic E-state index is 11.9. The lowest BCUT2D eigenvalue weighted by atomic mass is 9.81. The van der Waals surface area contributed by atoms with E-state index in [1.54, 1.807) is 11.8 Å². The second-order valence-electron chi connectivity index (χ2n) is 9.58. The average Bonchev–Trinajstić information content (AvgIpc) is 2.88. The molecule has 5 nitrogen and oxygen atoms in total. The summed E-state index contributed by atoms with van der Waals surface area (Å²) in [5, 5.41) is 4.21. The van der Waals surface area contributed by atoms with Gasteiger partial charge in [0.2, 0.25) is 5.91 Å². The van der Waals surface area contributed by atoms with Crippen LogP contribution in [-0.2, 0) is 10.5 Å². The highest BCUT2D eigenvalue weighted by molar-refractivity contribution is 7.99. The molecule has 35 heavy (non-hydrogen) atoms. The number of para-hydroxylation sites is 1. The Hall–Kier alpha value is -2.60. The monoisotopic (exact) mass is 492 g/mol. The Balaban J connectivity index is 0.000000211. The fourth-order valence-electron chi connectivity index (χ4n) is 4.50. The van der Waals surface area contributed by atoms with Gasteiger partial charge in [-0.05, 0) is 49.3 Å². The number of nitrogens with zero attached hydrogens (tertiary/aromatic N) is 3. The molecule has 1 aliphatic carbocycles. The van der Waals surface area contributed by atoms with Gasteiger partial charge < -0.3 is 10.2 Å². The van der Waals surface area contributed by atoms with Crippen molar-refractivity contribution in [2.75, 3.05) is 31.3 Å². The lowest BCUT2D eigenvalue weighted by Gasteiger charge is -2.27. The topological polar surface area (TPSA) is 58.1 Å². The first-order chi connectivity index (χ1) is 17.0. The Labute approximate surface area is 215 Å². The van der Waals surface area contributed by atoms with Gasteiger partial charge in [-0.3, -0.25) is 4.79 Å². The molecule has 0 saturated heterocycles. The van der Waals surface area contributed by atoms with Crippen LogP contribution in [0.25, 0.3) is 10.9 Å². The summed E-state index contributed by atoms with van der Waals surface area (Å²) in [4.78, 5) is 22.7. The highest BCUT2D eigenvalue weighted by Crippen LogP contribution is 2.30. The van der Waals surface area contributed by atoms with Crippen molar-refractivity contribution in [1.82, 2.24) is 15.3 Å². The van der Waals surface area contributed by atoms with Crippen molar-refractivity contribution in [3.63, 3.8) is 0 Å². The molecule has 1 amide bonds. The molecule has 1 saturated carbocycles. The van der Waals surface area contributed by atoms with Crippen molar-refractivity contribution in [1.29, 1.82) is 0 Å². The Bertz CT molecular complexity index is 1050.